The smallest absolute Gasteiger partial charge is 0.408 e. The van der Waals surface area contributed by atoms with Crippen molar-refractivity contribution in [1.29, 1.82) is 0 Å². The number of carbonyl (C=O) groups is 4. The highest BCUT2D eigenvalue weighted by atomic mass is 32.2. The SMILES string of the molecule is CCCCCCCCN(C(=O)C(CCSC)NC(=O)OC(C)(C)C)C(C(=O)NC(Cc1ccccc1)C(=O)OC(C)(C)C)c1cccc(C)c1. The molecule has 0 aliphatic heterocycles. The third-order valence-corrected chi connectivity index (χ3v) is 8.49. The third-order valence-electron chi connectivity index (χ3n) is 7.84. The van der Waals surface area contributed by atoms with Gasteiger partial charge in [0.25, 0.3) is 0 Å². The molecule has 0 bridgehead atoms. The summed E-state index contributed by atoms with van der Waals surface area (Å²) in [5.41, 5.74) is 0.866. The number of thioether (sulfide) groups is 1. The second-order valence-electron chi connectivity index (χ2n) is 14.9. The number of hydrogen-bond acceptors (Lipinski definition) is 7. The lowest BCUT2D eigenvalue weighted by Gasteiger charge is -2.35. The highest BCUT2D eigenvalue weighted by Gasteiger charge is 2.38. The van der Waals surface area contributed by atoms with Crippen LogP contribution in [0, 0.1) is 6.92 Å². The standard InChI is InChI=1S/C40H61N3O6S/c1-10-11-12-13-14-18-25-43(36(45)32(24-26-50-9)42-38(47)49-40(6,7)8)34(31-23-19-20-29(2)27-31)35(44)41-33(37(46)48-39(3,4)5)28-30-21-16-15-17-22-30/h15-17,19-23,27,32-34H,10-14,18,24-26,28H2,1-9H3,(H,41,44)(H,42,47). The number of nitrogens with one attached hydrogen (secondary N) is 2. The molecule has 0 heterocycles. The molecule has 0 radical (unpaired) electrons. The molecule has 0 aromatic heterocycles. The van der Waals surface area contributed by atoms with Gasteiger partial charge >= 0.3 is 12.1 Å². The molecule has 0 saturated heterocycles. The molecule has 0 aliphatic carbocycles. The lowest BCUT2D eigenvalue weighted by molar-refractivity contribution is -0.159. The molecule has 50 heavy (non-hydrogen) atoms. The minimum absolute atomic E-state index is 0.212. The fourth-order valence-corrected chi connectivity index (χ4v) is 6.02. The van der Waals surface area contributed by atoms with Crippen LogP contribution in [-0.2, 0) is 30.3 Å². The molecule has 278 valence electrons. The molecule has 2 N–H and O–H groups in total. The van der Waals surface area contributed by atoms with Crippen LogP contribution in [-0.4, -0.2) is 70.6 Å². The van der Waals surface area contributed by atoms with Crippen molar-refractivity contribution >= 4 is 35.6 Å². The molecule has 0 fully saturated rings. The number of ether oxygens (including phenoxy) is 2. The van der Waals surface area contributed by atoms with E-state index in [1.165, 1.54) is 0 Å². The van der Waals surface area contributed by atoms with Crippen molar-refractivity contribution in [1.82, 2.24) is 15.5 Å². The molecule has 2 aromatic carbocycles. The maximum atomic E-state index is 14.7. The molecule has 0 aliphatic rings. The first-order chi connectivity index (χ1) is 23.5. The molecule has 3 amide bonds. The Bertz CT molecular complexity index is 1350. The average Bonchev–Trinajstić information content (AvgIpc) is 3.02. The number of benzene rings is 2. The van der Waals surface area contributed by atoms with Gasteiger partial charge in [0.05, 0.1) is 0 Å². The number of aryl methyl sites for hydroxylation is 1. The number of rotatable bonds is 19. The Kier molecular flexibility index (Phi) is 17.9. The zero-order valence-electron chi connectivity index (χ0n) is 31.8. The van der Waals surface area contributed by atoms with Crippen LogP contribution < -0.4 is 10.6 Å². The maximum absolute atomic E-state index is 14.7. The fourth-order valence-electron chi connectivity index (χ4n) is 5.55. The van der Waals surface area contributed by atoms with E-state index in [2.05, 4.69) is 17.6 Å². The van der Waals surface area contributed by atoms with Crippen LogP contribution in [0.15, 0.2) is 54.6 Å². The first-order valence-electron chi connectivity index (χ1n) is 18.0. The number of esters is 1. The number of unbranched alkanes of at least 4 members (excludes halogenated alkanes) is 5. The molecule has 3 atom stereocenters. The Hall–Kier alpha value is -3.53. The van der Waals surface area contributed by atoms with Gasteiger partial charge in [-0.2, -0.15) is 11.8 Å². The Balaban J connectivity index is 2.61. The Morgan fingerprint density at radius 3 is 2.04 bits per heavy atom. The Labute approximate surface area is 305 Å². The summed E-state index contributed by atoms with van der Waals surface area (Å²) in [6.45, 7) is 15.1. The van der Waals surface area contributed by atoms with Gasteiger partial charge in [-0.3, -0.25) is 9.59 Å². The van der Waals surface area contributed by atoms with Crippen molar-refractivity contribution in [2.75, 3.05) is 18.6 Å². The van der Waals surface area contributed by atoms with Crippen LogP contribution in [0.2, 0.25) is 0 Å². The van der Waals surface area contributed by atoms with Gasteiger partial charge in [-0.05, 0) is 84.4 Å². The number of amides is 3. The summed E-state index contributed by atoms with van der Waals surface area (Å²) in [5, 5.41) is 5.80. The van der Waals surface area contributed by atoms with Crippen molar-refractivity contribution in [3.05, 3.63) is 71.3 Å². The van der Waals surface area contributed by atoms with E-state index in [-0.39, 0.29) is 12.3 Å². The first-order valence-corrected chi connectivity index (χ1v) is 19.4. The summed E-state index contributed by atoms with van der Waals surface area (Å²) in [5.74, 6) is -0.827. The van der Waals surface area contributed by atoms with Crippen molar-refractivity contribution < 1.29 is 28.7 Å². The highest BCUT2D eigenvalue weighted by molar-refractivity contribution is 7.98. The van der Waals surface area contributed by atoms with Crippen LogP contribution >= 0.6 is 11.8 Å². The van der Waals surface area contributed by atoms with Crippen molar-refractivity contribution in [2.24, 2.45) is 0 Å². The normalized spacial score (nSPS) is 13.5. The topological polar surface area (TPSA) is 114 Å². The zero-order chi connectivity index (χ0) is 37.3. The monoisotopic (exact) mass is 711 g/mol. The summed E-state index contributed by atoms with van der Waals surface area (Å²) in [6, 6.07) is 14.0. The second-order valence-corrected chi connectivity index (χ2v) is 15.9. The predicted octanol–water partition coefficient (Wildman–Crippen LogP) is 7.94. The number of hydrogen-bond donors (Lipinski definition) is 2. The van der Waals surface area contributed by atoms with Crippen molar-refractivity contribution in [3.63, 3.8) is 0 Å². The van der Waals surface area contributed by atoms with E-state index in [0.717, 1.165) is 43.2 Å². The van der Waals surface area contributed by atoms with Gasteiger partial charge < -0.3 is 25.0 Å². The lowest BCUT2D eigenvalue weighted by Crippen LogP contribution is -2.55. The Morgan fingerprint density at radius 1 is 0.800 bits per heavy atom. The van der Waals surface area contributed by atoms with E-state index in [4.69, 9.17) is 9.47 Å². The van der Waals surface area contributed by atoms with Gasteiger partial charge in [-0.25, -0.2) is 9.59 Å². The number of nitrogens with zero attached hydrogens (tertiary/aromatic N) is 1. The van der Waals surface area contributed by atoms with Crippen LogP contribution in [0.3, 0.4) is 0 Å². The summed E-state index contributed by atoms with van der Waals surface area (Å²) in [4.78, 5) is 57.5. The minimum atomic E-state index is -1.07. The Morgan fingerprint density at radius 2 is 1.44 bits per heavy atom. The summed E-state index contributed by atoms with van der Waals surface area (Å²) in [6.07, 6.45) is 7.74. The van der Waals surface area contributed by atoms with E-state index in [1.807, 2.05) is 67.8 Å². The second kappa shape index (κ2) is 21.0. The zero-order valence-corrected chi connectivity index (χ0v) is 32.6. The molecule has 0 saturated carbocycles. The maximum Gasteiger partial charge on any atom is 0.408 e. The van der Waals surface area contributed by atoms with Gasteiger partial charge in [0.15, 0.2) is 0 Å². The van der Waals surface area contributed by atoms with Crippen LogP contribution in [0.1, 0.15) is 116 Å². The summed E-state index contributed by atoms with van der Waals surface area (Å²) >= 11 is 1.56. The van der Waals surface area contributed by atoms with E-state index in [1.54, 1.807) is 58.2 Å². The predicted molar refractivity (Wildman–Crippen MR) is 203 cm³/mol. The van der Waals surface area contributed by atoms with E-state index < -0.39 is 47.3 Å². The molecule has 2 rings (SSSR count). The number of carbonyl (C=O) groups excluding carboxylic acids is 4. The molecule has 9 nitrogen and oxygen atoms in total. The molecule has 10 heteroatoms. The molecular weight excluding hydrogens is 651 g/mol. The van der Waals surface area contributed by atoms with Gasteiger partial charge in [-0.15, -0.1) is 0 Å². The van der Waals surface area contributed by atoms with Crippen molar-refractivity contribution in [3.8, 4) is 0 Å². The van der Waals surface area contributed by atoms with Gasteiger partial charge in [0.1, 0.15) is 29.3 Å². The minimum Gasteiger partial charge on any atom is -0.458 e. The van der Waals surface area contributed by atoms with Crippen LogP contribution in [0.4, 0.5) is 4.79 Å². The quantitative estimate of drug-likeness (QED) is 0.112. The highest BCUT2D eigenvalue weighted by Crippen LogP contribution is 2.26. The fraction of sp³-hybridized carbons (Fsp3) is 0.600. The van der Waals surface area contributed by atoms with E-state index in [0.29, 0.717) is 30.7 Å². The third kappa shape index (κ3) is 16.0. The van der Waals surface area contributed by atoms with Crippen LogP contribution in [0.25, 0.3) is 0 Å². The molecule has 2 aromatic rings. The summed E-state index contributed by atoms with van der Waals surface area (Å²) in [7, 11) is 0. The van der Waals surface area contributed by atoms with Gasteiger partial charge in [0, 0.05) is 13.0 Å². The molecular formula is C40H61N3O6S. The van der Waals surface area contributed by atoms with Gasteiger partial charge in [-0.1, -0.05) is 99.2 Å². The lowest BCUT2D eigenvalue weighted by atomic mass is 9.98. The van der Waals surface area contributed by atoms with Crippen molar-refractivity contribution in [2.45, 2.75) is 136 Å². The number of alkyl carbamates (subject to hydrolysis) is 1. The van der Waals surface area contributed by atoms with Crippen LogP contribution in [0.5, 0.6) is 0 Å². The molecule has 3 unspecified atom stereocenters. The van der Waals surface area contributed by atoms with E-state index >= 15 is 0 Å². The van der Waals surface area contributed by atoms with Gasteiger partial charge in [0.2, 0.25) is 11.8 Å². The average molecular weight is 712 g/mol. The molecule has 0 spiro atoms. The van der Waals surface area contributed by atoms with E-state index in [9.17, 15) is 19.2 Å². The summed E-state index contributed by atoms with van der Waals surface area (Å²) < 4.78 is 11.3. The first kappa shape index (κ1) is 42.6. The largest absolute Gasteiger partial charge is 0.458 e.